The molecule has 0 aromatic heterocycles. The molecule has 0 unspecified atom stereocenters. The van der Waals surface area contributed by atoms with Gasteiger partial charge in [-0.1, -0.05) is 25.0 Å². The minimum absolute atomic E-state index is 0.0193. The van der Waals surface area contributed by atoms with Gasteiger partial charge in [0.1, 0.15) is 4.90 Å². The van der Waals surface area contributed by atoms with Crippen LogP contribution in [0.4, 0.5) is 18.9 Å². The fraction of sp³-hybridized carbons (Fsp3) is 0.278. The van der Waals surface area contributed by atoms with Crippen LogP contribution in [0.15, 0.2) is 41.3 Å². The van der Waals surface area contributed by atoms with E-state index in [9.17, 15) is 26.4 Å². The number of carbonyl (C=O) groups excluding carboxylic acids is 1. The van der Waals surface area contributed by atoms with Crippen LogP contribution in [-0.2, 0) is 10.0 Å². The topological polar surface area (TPSA) is 75.3 Å². The van der Waals surface area contributed by atoms with Crippen LogP contribution in [0.25, 0.3) is 0 Å². The normalized spacial score (nSPS) is 14.9. The van der Waals surface area contributed by atoms with Crippen LogP contribution >= 0.6 is 0 Å². The Morgan fingerprint density at radius 1 is 0.963 bits per heavy atom. The highest BCUT2D eigenvalue weighted by atomic mass is 32.2. The van der Waals surface area contributed by atoms with Crippen molar-refractivity contribution in [3.63, 3.8) is 0 Å². The quantitative estimate of drug-likeness (QED) is 0.756. The number of sulfonamides is 1. The van der Waals surface area contributed by atoms with Crippen LogP contribution in [-0.4, -0.2) is 20.4 Å². The van der Waals surface area contributed by atoms with E-state index in [0.29, 0.717) is 12.1 Å². The third-order valence-corrected chi connectivity index (χ3v) is 5.78. The van der Waals surface area contributed by atoms with Gasteiger partial charge in [-0.15, -0.1) is 0 Å². The molecule has 2 aromatic rings. The summed E-state index contributed by atoms with van der Waals surface area (Å²) in [5.41, 5.74) is -0.0342. The monoisotopic (exact) mass is 398 g/mol. The molecule has 1 aliphatic rings. The lowest BCUT2D eigenvalue weighted by Gasteiger charge is -2.16. The van der Waals surface area contributed by atoms with Gasteiger partial charge in [0.05, 0.1) is 11.3 Å². The summed E-state index contributed by atoms with van der Waals surface area (Å²) in [6.07, 6.45) is 3.71. The first kappa shape index (κ1) is 19.2. The van der Waals surface area contributed by atoms with E-state index in [4.69, 9.17) is 0 Å². The Morgan fingerprint density at radius 2 is 1.63 bits per heavy atom. The number of carbonyl (C=O) groups is 1. The highest BCUT2D eigenvalue weighted by molar-refractivity contribution is 7.92. The minimum atomic E-state index is -4.58. The summed E-state index contributed by atoms with van der Waals surface area (Å²) >= 11 is 0. The van der Waals surface area contributed by atoms with E-state index in [-0.39, 0.29) is 17.3 Å². The van der Waals surface area contributed by atoms with E-state index in [2.05, 4.69) is 10.0 Å². The van der Waals surface area contributed by atoms with E-state index in [1.165, 1.54) is 18.2 Å². The van der Waals surface area contributed by atoms with Gasteiger partial charge in [-0.2, -0.15) is 0 Å². The zero-order valence-electron chi connectivity index (χ0n) is 14.1. The van der Waals surface area contributed by atoms with Gasteiger partial charge >= 0.3 is 0 Å². The lowest BCUT2D eigenvalue weighted by atomic mass is 10.1. The smallest absolute Gasteiger partial charge is 0.264 e. The lowest BCUT2D eigenvalue weighted by molar-refractivity contribution is 0.0939. The largest absolute Gasteiger partial charge is 0.349 e. The zero-order chi connectivity index (χ0) is 19.6. The molecule has 1 aliphatic carbocycles. The molecule has 0 spiro atoms. The maximum atomic E-state index is 13.9. The molecule has 0 aliphatic heterocycles. The van der Waals surface area contributed by atoms with Gasteiger partial charge in [0.2, 0.25) is 0 Å². The standard InChI is InChI=1S/C18H17F3N2O3S/c19-13-9-10-15(17(21)16(13)20)27(25,26)23-14-8-4-3-7-12(14)18(24)22-11-5-1-2-6-11/h3-4,7-11,23H,1-2,5-6H2,(H,22,24). The Morgan fingerprint density at radius 3 is 2.33 bits per heavy atom. The predicted octanol–water partition coefficient (Wildman–Crippen LogP) is 3.58. The summed E-state index contributed by atoms with van der Waals surface area (Å²) in [6.45, 7) is 0. The molecule has 1 amide bonds. The minimum Gasteiger partial charge on any atom is -0.349 e. The molecule has 0 bridgehead atoms. The van der Waals surface area contributed by atoms with Gasteiger partial charge < -0.3 is 5.32 Å². The average molecular weight is 398 g/mol. The summed E-state index contributed by atoms with van der Waals surface area (Å²) < 4.78 is 67.3. The van der Waals surface area contributed by atoms with Crippen molar-refractivity contribution in [2.24, 2.45) is 0 Å². The SMILES string of the molecule is O=C(NC1CCCC1)c1ccccc1NS(=O)(=O)c1ccc(F)c(F)c1F. The number of nitrogens with one attached hydrogen (secondary N) is 2. The second-order valence-electron chi connectivity index (χ2n) is 6.28. The first-order chi connectivity index (χ1) is 12.8. The molecule has 27 heavy (non-hydrogen) atoms. The second kappa shape index (κ2) is 7.59. The van der Waals surface area contributed by atoms with Crippen molar-refractivity contribution in [3.8, 4) is 0 Å². The molecule has 0 radical (unpaired) electrons. The fourth-order valence-electron chi connectivity index (χ4n) is 3.02. The van der Waals surface area contributed by atoms with Gasteiger partial charge in [0.25, 0.3) is 15.9 Å². The van der Waals surface area contributed by atoms with Crippen molar-refractivity contribution in [2.45, 2.75) is 36.6 Å². The molecular weight excluding hydrogens is 381 g/mol. The molecule has 3 rings (SSSR count). The van der Waals surface area contributed by atoms with E-state index >= 15 is 0 Å². The highest BCUT2D eigenvalue weighted by Gasteiger charge is 2.26. The van der Waals surface area contributed by atoms with Gasteiger partial charge in [0.15, 0.2) is 17.5 Å². The summed E-state index contributed by atoms with van der Waals surface area (Å²) in [5.74, 6) is -5.67. The number of hydrogen-bond acceptors (Lipinski definition) is 3. The summed E-state index contributed by atoms with van der Waals surface area (Å²) in [6, 6.07) is 6.96. The molecule has 1 saturated carbocycles. The maximum Gasteiger partial charge on any atom is 0.264 e. The summed E-state index contributed by atoms with van der Waals surface area (Å²) in [7, 11) is -4.58. The van der Waals surface area contributed by atoms with Crippen molar-refractivity contribution < 1.29 is 26.4 Å². The number of para-hydroxylation sites is 1. The van der Waals surface area contributed by atoms with Crippen molar-refractivity contribution >= 4 is 21.6 Å². The predicted molar refractivity (Wildman–Crippen MR) is 93.3 cm³/mol. The number of halogens is 3. The van der Waals surface area contributed by atoms with Crippen LogP contribution in [0.3, 0.4) is 0 Å². The third-order valence-electron chi connectivity index (χ3n) is 4.40. The van der Waals surface area contributed by atoms with Crippen LogP contribution in [0.2, 0.25) is 0 Å². The van der Waals surface area contributed by atoms with E-state index in [1.54, 1.807) is 6.07 Å². The Labute approximate surface area is 154 Å². The van der Waals surface area contributed by atoms with Gasteiger partial charge in [-0.25, -0.2) is 21.6 Å². The number of benzene rings is 2. The number of anilines is 1. The zero-order valence-corrected chi connectivity index (χ0v) is 15.0. The third kappa shape index (κ3) is 4.08. The first-order valence-corrected chi connectivity index (χ1v) is 9.84. The van der Waals surface area contributed by atoms with Crippen LogP contribution < -0.4 is 10.0 Å². The molecule has 2 aromatic carbocycles. The van der Waals surface area contributed by atoms with E-state index in [1.807, 2.05) is 0 Å². The maximum absolute atomic E-state index is 13.9. The first-order valence-electron chi connectivity index (χ1n) is 8.36. The number of rotatable bonds is 5. The lowest BCUT2D eigenvalue weighted by Crippen LogP contribution is -2.33. The molecular formula is C18H17F3N2O3S. The van der Waals surface area contributed by atoms with Crippen molar-refractivity contribution in [1.29, 1.82) is 0 Å². The van der Waals surface area contributed by atoms with E-state index < -0.39 is 38.3 Å². The Bertz CT molecular complexity index is 974. The summed E-state index contributed by atoms with van der Waals surface area (Å²) in [5, 5.41) is 2.83. The van der Waals surface area contributed by atoms with Crippen LogP contribution in [0.1, 0.15) is 36.0 Å². The molecule has 9 heteroatoms. The van der Waals surface area contributed by atoms with Crippen LogP contribution in [0, 0.1) is 17.5 Å². The van der Waals surface area contributed by atoms with Gasteiger partial charge in [-0.05, 0) is 37.1 Å². The fourth-order valence-corrected chi connectivity index (χ4v) is 4.17. The van der Waals surface area contributed by atoms with Crippen LogP contribution in [0.5, 0.6) is 0 Å². The van der Waals surface area contributed by atoms with E-state index in [0.717, 1.165) is 25.7 Å². The second-order valence-corrected chi connectivity index (χ2v) is 7.93. The Kier molecular flexibility index (Phi) is 5.41. The Hall–Kier alpha value is -2.55. The molecule has 0 heterocycles. The van der Waals surface area contributed by atoms with Crippen molar-refractivity contribution in [1.82, 2.24) is 5.32 Å². The molecule has 144 valence electrons. The summed E-state index contributed by atoms with van der Waals surface area (Å²) in [4.78, 5) is 11.4. The number of amides is 1. The highest BCUT2D eigenvalue weighted by Crippen LogP contribution is 2.25. The Balaban J connectivity index is 1.89. The van der Waals surface area contributed by atoms with Gasteiger partial charge in [0, 0.05) is 6.04 Å². The van der Waals surface area contributed by atoms with Crippen molar-refractivity contribution in [3.05, 3.63) is 59.4 Å². The van der Waals surface area contributed by atoms with Crippen molar-refractivity contribution in [2.75, 3.05) is 4.72 Å². The number of hydrogen-bond donors (Lipinski definition) is 2. The molecule has 5 nitrogen and oxygen atoms in total. The van der Waals surface area contributed by atoms with Gasteiger partial charge in [-0.3, -0.25) is 9.52 Å². The average Bonchev–Trinajstić information content (AvgIpc) is 3.12. The molecule has 1 fully saturated rings. The molecule has 0 atom stereocenters. The molecule has 0 saturated heterocycles. The molecule has 2 N–H and O–H groups in total.